The number of carbonyl (C=O) groups is 2. The number of thioether (sulfide) groups is 1. The van der Waals surface area contributed by atoms with Crippen molar-refractivity contribution in [1.82, 2.24) is 0 Å². The van der Waals surface area contributed by atoms with E-state index in [1.54, 1.807) is 17.8 Å². The first kappa shape index (κ1) is 27.0. The quantitative estimate of drug-likeness (QED) is 0.275. The number of amides is 1. The molecule has 0 unspecified atom stereocenters. The normalized spacial score (nSPS) is 10.2. The molecule has 0 heterocycles. The largest absolute Gasteiger partial charge is 1.00 e. The summed E-state index contributed by atoms with van der Waals surface area (Å²) in [6.45, 7) is 0.465. The summed E-state index contributed by atoms with van der Waals surface area (Å²) in [5.74, 6) is -0.992. The summed E-state index contributed by atoms with van der Waals surface area (Å²) in [6.07, 6.45) is 1.96. The SMILES string of the molecule is CSc1ccccc1OCCOc1ccc(NC(=O)c2ccc(Cl)cc2Cl)c(C(=O)[O-])c1.[Li+]. The molecule has 6 nitrogen and oxygen atoms in total. The monoisotopic (exact) mass is 497 g/mol. The molecule has 0 radical (unpaired) electrons. The molecule has 0 bridgehead atoms. The van der Waals surface area contributed by atoms with Crippen LogP contribution in [-0.4, -0.2) is 31.3 Å². The number of hydrogen-bond donors (Lipinski definition) is 1. The van der Waals surface area contributed by atoms with Gasteiger partial charge >= 0.3 is 18.9 Å². The van der Waals surface area contributed by atoms with Crippen LogP contribution in [0.5, 0.6) is 11.5 Å². The van der Waals surface area contributed by atoms with Gasteiger partial charge in [0.1, 0.15) is 24.7 Å². The van der Waals surface area contributed by atoms with Gasteiger partial charge in [0.25, 0.3) is 5.91 Å². The zero-order valence-corrected chi connectivity index (χ0v) is 20.2. The van der Waals surface area contributed by atoms with Crippen LogP contribution in [0.4, 0.5) is 5.69 Å². The van der Waals surface area contributed by atoms with E-state index in [2.05, 4.69) is 5.32 Å². The van der Waals surface area contributed by atoms with Crippen LogP contribution in [0.2, 0.25) is 10.0 Å². The molecule has 0 saturated heterocycles. The first-order chi connectivity index (χ1) is 15.4. The molecule has 0 aromatic heterocycles. The Hall–Kier alpha value is -2.27. The number of anilines is 1. The van der Waals surface area contributed by atoms with Crippen LogP contribution in [-0.2, 0) is 0 Å². The molecule has 3 aromatic carbocycles. The summed E-state index contributed by atoms with van der Waals surface area (Å²) in [4.78, 5) is 25.1. The summed E-state index contributed by atoms with van der Waals surface area (Å²) in [5.41, 5.74) is -0.0172. The summed E-state index contributed by atoms with van der Waals surface area (Å²) >= 11 is 13.5. The molecule has 1 N–H and O–H groups in total. The predicted molar refractivity (Wildman–Crippen MR) is 124 cm³/mol. The van der Waals surface area contributed by atoms with Crippen molar-refractivity contribution in [1.29, 1.82) is 0 Å². The number of carboxylic acids is 1. The summed E-state index contributed by atoms with van der Waals surface area (Å²) < 4.78 is 11.3. The Balaban J connectivity index is 0.00000385. The van der Waals surface area contributed by atoms with Gasteiger partial charge < -0.3 is 24.7 Å². The Morgan fingerprint density at radius 2 is 1.70 bits per heavy atom. The minimum atomic E-state index is -1.46. The van der Waals surface area contributed by atoms with Gasteiger partial charge in [-0.2, -0.15) is 0 Å². The van der Waals surface area contributed by atoms with Crippen molar-refractivity contribution >= 4 is 52.5 Å². The van der Waals surface area contributed by atoms with Gasteiger partial charge in [0.05, 0.1) is 22.2 Å². The van der Waals surface area contributed by atoms with Crippen molar-refractivity contribution in [3.63, 3.8) is 0 Å². The zero-order valence-electron chi connectivity index (χ0n) is 17.9. The number of rotatable bonds is 9. The molecular weight excluding hydrogens is 480 g/mol. The molecular formula is C23H18Cl2LiNO5S. The van der Waals surface area contributed by atoms with E-state index in [1.807, 2.05) is 30.5 Å². The maximum absolute atomic E-state index is 12.5. The topological polar surface area (TPSA) is 87.7 Å². The number of nitrogens with one attached hydrogen (secondary N) is 1. The van der Waals surface area contributed by atoms with E-state index in [9.17, 15) is 14.7 Å². The molecule has 0 fully saturated rings. The fourth-order valence-corrected chi connectivity index (χ4v) is 3.84. The number of ether oxygens (including phenoxy) is 2. The third-order valence-electron chi connectivity index (χ3n) is 4.31. The molecule has 1 amide bonds. The summed E-state index contributed by atoms with van der Waals surface area (Å²) in [5, 5.41) is 14.7. The average Bonchev–Trinajstić information content (AvgIpc) is 2.77. The van der Waals surface area contributed by atoms with Gasteiger partial charge in [-0.1, -0.05) is 35.3 Å². The summed E-state index contributed by atoms with van der Waals surface area (Å²) in [6, 6.07) is 16.3. The second-order valence-electron chi connectivity index (χ2n) is 6.42. The van der Waals surface area contributed by atoms with Gasteiger partial charge in [-0.3, -0.25) is 4.79 Å². The molecule has 0 aliphatic heterocycles. The standard InChI is InChI=1S/C23H19Cl2NO5S.Li/c1-32-21-5-3-2-4-20(21)31-11-10-30-15-7-9-19(17(13-15)23(28)29)26-22(27)16-8-6-14(24)12-18(16)25;/h2-9,12-13H,10-11H2,1H3,(H,26,27)(H,28,29);/q;+1/p-1. The number of para-hydroxylation sites is 1. The molecule has 0 aliphatic rings. The Kier molecular flexibility index (Phi) is 10.5. The van der Waals surface area contributed by atoms with Crippen molar-refractivity contribution in [2.24, 2.45) is 0 Å². The Morgan fingerprint density at radius 3 is 2.39 bits per heavy atom. The molecule has 0 aliphatic carbocycles. The third kappa shape index (κ3) is 7.36. The van der Waals surface area contributed by atoms with E-state index in [0.29, 0.717) is 10.8 Å². The number of hydrogen-bond acceptors (Lipinski definition) is 6. The van der Waals surface area contributed by atoms with Gasteiger partial charge in [0, 0.05) is 15.5 Å². The second kappa shape index (κ2) is 12.8. The predicted octanol–water partition coefficient (Wildman–Crippen LogP) is 1.79. The maximum Gasteiger partial charge on any atom is 1.00 e. The molecule has 10 heteroatoms. The third-order valence-corrected chi connectivity index (χ3v) is 5.64. The Labute approximate surface area is 217 Å². The maximum atomic E-state index is 12.5. The molecule has 166 valence electrons. The van der Waals surface area contributed by atoms with Crippen molar-refractivity contribution in [2.45, 2.75) is 4.90 Å². The minimum Gasteiger partial charge on any atom is -0.545 e. The van der Waals surface area contributed by atoms with Gasteiger partial charge in [-0.15, -0.1) is 11.8 Å². The number of benzene rings is 3. The van der Waals surface area contributed by atoms with E-state index < -0.39 is 11.9 Å². The molecule has 0 spiro atoms. The minimum absolute atomic E-state index is 0. The average molecular weight is 498 g/mol. The molecule has 0 saturated carbocycles. The van der Waals surface area contributed by atoms with E-state index in [-0.39, 0.29) is 53.9 Å². The van der Waals surface area contributed by atoms with Crippen LogP contribution in [0.3, 0.4) is 0 Å². The van der Waals surface area contributed by atoms with Crippen molar-refractivity contribution in [3.8, 4) is 11.5 Å². The number of halogens is 2. The van der Waals surface area contributed by atoms with Crippen LogP contribution in [0.1, 0.15) is 20.7 Å². The molecule has 3 rings (SSSR count). The van der Waals surface area contributed by atoms with Crippen molar-refractivity contribution in [2.75, 3.05) is 24.8 Å². The van der Waals surface area contributed by atoms with Crippen LogP contribution in [0, 0.1) is 0 Å². The van der Waals surface area contributed by atoms with E-state index in [0.717, 1.165) is 10.6 Å². The zero-order chi connectivity index (χ0) is 23.1. The van der Waals surface area contributed by atoms with Gasteiger partial charge in [-0.25, -0.2) is 0 Å². The number of aromatic carboxylic acids is 1. The van der Waals surface area contributed by atoms with Crippen LogP contribution in [0.25, 0.3) is 0 Å². The first-order valence-electron chi connectivity index (χ1n) is 9.39. The molecule has 3 aromatic rings. The van der Waals surface area contributed by atoms with Crippen molar-refractivity contribution < 1.29 is 43.0 Å². The molecule has 33 heavy (non-hydrogen) atoms. The van der Waals surface area contributed by atoms with Gasteiger partial charge in [0.15, 0.2) is 0 Å². The fraction of sp³-hybridized carbons (Fsp3) is 0.130. The Bertz CT molecular complexity index is 1150. The van der Waals surface area contributed by atoms with Gasteiger partial charge in [-0.05, 0) is 54.8 Å². The fourth-order valence-electron chi connectivity index (χ4n) is 2.80. The van der Waals surface area contributed by atoms with Crippen LogP contribution < -0.4 is 38.8 Å². The van der Waals surface area contributed by atoms with Crippen LogP contribution >= 0.6 is 35.0 Å². The second-order valence-corrected chi connectivity index (χ2v) is 8.11. The van der Waals surface area contributed by atoms with E-state index >= 15 is 0 Å². The van der Waals surface area contributed by atoms with E-state index in [1.165, 1.54) is 30.3 Å². The number of carboxylic acid groups (broad SMARTS) is 1. The first-order valence-corrected chi connectivity index (χ1v) is 11.4. The van der Waals surface area contributed by atoms with E-state index in [4.69, 9.17) is 32.7 Å². The smallest absolute Gasteiger partial charge is 0.545 e. The van der Waals surface area contributed by atoms with Crippen molar-refractivity contribution in [3.05, 3.63) is 81.8 Å². The Morgan fingerprint density at radius 1 is 0.970 bits per heavy atom. The summed E-state index contributed by atoms with van der Waals surface area (Å²) in [7, 11) is 0. The number of carbonyl (C=O) groups excluding carboxylic acids is 2. The van der Waals surface area contributed by atoms with Gasteiger partial charge in [0.2, 0.25) is 0 Å². The van der Waals surface area contributed by atoms with Crippen LogP contribution in [0.15, 0.2) is 65.6 Å². The molecule has 0 atom stereocenters.